The van der Waals surface area contributed by atoms with Gasteiger partial charge in [-0.2, -0.15) is 0 Å². The van der Waals surface area contributed by atoms with E-state index in [1.54, 1.807) is 36.4 Å². The van der Waals surface area contributed by atoms with Gasteiger partial charge in [-0.25, -0.2) is 9.78 Å². The molecular formula is C19H15NO4. The molecule has 0 aliphatic carbocycles. The quantitative estimate of drug-likeness (QED) is 0.544. The first kappa shape index (κ1) is 15.7. The largest absolute Gasteiger partial charge is 0.426 e. The summed E-state index contributed by atoms with van der Waals surface area (Å²) in [4.78, 5) is 27.4. The van der Waals surface area contributed by atoms with E-state index in [1.807, 2.05) is 25.1 Å². The van der Waals surface area contributed by atoms with Crippen molar-refractivity contribution in [3.05, 3.63) is 69.9 Å². The highest BCUT2D eigenvalue weighted by Crippen LogP contribution is 2.21. The number of aromatic nitrogens is 1. The Hall–Kier alpha value is -3.21. The smallest absolute Gasteiger partial charge is 0.347 e. The maximum absolute atomic E-state index is 11.9. The van der Waals surface area contributed by atoms with E-state index in [0.717, 1.165) is 11.1 Å². The molecule has 0 saturated heterocycles. The molecule has 0 saturated carbocycles. The summed E-state index contributed by atoms with van der Waals surface area (Å²) in [5.74, 6) is 0.340. The fraction of sp³-hybridized carbons (Fsp3) is 0.105. The lowest BCUT2D eigenvalue weighted by Crippen LogP contribution is -2.03. The van der Waals surface area contributed by atoms with Crippen molar-refractivity contribution in [2.75, 3.05) is 0 Å². The molecule has 0 aliphatic rings. The molecule has 0 N–H and O–H groups in total. The van der Waals surface area contributed by atoms with Gasteiger partial charge in [0, 0.05) is 13.0 Å². The Bertz CT molecular complexity index is 1000. The van der Waals surface area contributed by atoms with Crippen LogP contribution in [0.15, 0.2) is 51.7 Å². The van der Waals surface area contributed by atoms with Crippen LogP contribution < -0.4 is 10.4 Å². The Morgan fingerprint density at radius 1 is 1.17 bits per heavy atom. The average molecular weight is 321 g/mol. The lowest BCUT2D eigenvalue weighted by Gasteiger charge is -2.06. The van der Waals surface area contributed by atoms with Gasteiger partial charge >= 0.3 is 11.6 Å². The molecule has 5 heteroatoms. The number of aryl methyl sites for hydroxylation is 1. The zero-order valence-corrected chi connectivity index (χ0v) is 13.3. The van der Waals surface area contributed by atoms with Crippen LogP contribution in [-0.4, -0.2) is 11.0 Å². The van der Waals surface area contributed by atoms with Crippen molar-refractivity contribution in [2.24, 2.45) is 0 Å². The first-order valence-corrected chi connectivity index (χ1v) is 7.40. The van der Waals surface area contributed by atoms with Gasteiger partial charge in [-0.3, -0.25) is 4.79 Å². The second-order valence-electron chi connectivity index (χ2n) is 5.31. The number of hydrogen-bond donors (Lipinski definition) is 0. The molecule has 3 rings (SSSR count). The summed E-state index contributed by atoms with van der Waals surface area (Å²) in [6.07, 6.45) is 3.35. The molecule has 24 heavy (non-hydrogen) atoms. The SMILES string of the molecule is CC(=O)Oc1cc(/C=C/c2nc3ccccc3c(=O)o2)ccc1C. The highest BCUT2D eigenvalue weighted by Gasteiger charge is 2.05. The van der Waals surface area contributed by atoms with E-state index in [0.29, 0.717) is 16.7 Å². The summed E-state index contributed by atoms with van der Waals surface area (Å²) in [7, 11) is 0. The lowest BCUT2D eigenvalue weighted by atomic mass is 10.1. The lowest BCUT2D eigenvalue weighted by molar-refractivity contribution is -0.131. The van der Waals surface area contributed by atoms with E-state index in [9.17, 15) is 9.59 Å². The number of fused-ring (bicyclic) bond motifs is 1. The molecule has 2 aromatic carbocycles. The van der Waals surface area contributed by atoms with Crippen molar-refractivity contribution in [3.8, 4) is 5.75 Å². The summed E-state index contributed by atoms with van der Waals surface area (Å²) in [5, 5.41) is 0.446. The molecule has 0 amide bonds. The summed E-state index contributed by atoms with van der Waals surface area (Å²) >= 11 is 0. The third-order valence-electron chi connectivity index (χ3n) is 3.44. The van der Waals surface area contributed by atoms with Crippen molar-refractivity contribution < 1.29 is 13.9 Å². The molecule has 0 aliphatic heterocycles. The van der Waals surface area contributed by atoms with Crippen LogP contribution in [0.2, 0.25) is 0 Å². The fourth-order valence-electron chi connectivity index (χ4n) is 2.26. The van der Waals surface area contributed by atoms with E-state index < -0.39 is 5.63 Å². The first-order valence-electron chi connectivity index (χ1n) is 7.40. The topological polar surface area (TPSA) is 69.4 Å². The van der Waals surface area contributed by atoms with Gasteiger partial charge in [0.2, 0.25) is 5.89 Å². The van der Waals surface area contributed by atoms with Gasteiger partial charge in [0.1, 0.15) is 5.75 Å². The van der Waals surface area contributed by atoms with E-state index >= 15 is 0 Å². The molecule has 0 atom stereocenters. The molecule has 0 spiro atoms. The highest BCUT2D eigenvalue weighted by atomic mass is 16.5. The number of carbonyl (C=O) groups excluding carboxylic acids is 1. The number of carbonyl (C=O) groups is 1. The zero-order valence-electron chi connectivity index (χ0n) is 13.3. The molecule has 5 nitrogen and oxygen atoms in total. The van der Waals surface area contributed by atoms with Crippen LogP contribution in [0, 0.1) is 6.92 Å². The van der Waals surface area contributed by atoms with Crippen LogP contribution >= 0.6 is 0 Å². The second kappa shape index (κ2) is 6.50. The maximum Gasteiger partial charge on any atom is 0.347 e. The third-order valence-corrected chi connectivity index (χ3v) is 3.44. The zero-order chi connectivity index (χ0) is 17.1. The highest BCUT2D eigenvalue weighted by molar-refractivity contribution is 5.78. The minimum atomic E-state index is -0.426. The van der Waals surface area contributed by atoms with Crippen LogP contribution in [0.3, 0.4) is 0 Å². The number of hydrogen-bond acceptors (Lipinski definition) is 5. The van der Waals surface area contributed by atoms with Crippen LogP contribution in [0.25, 0.3) is 23.1 Å². The number of esters is 1. The number of nitrogens with zero attached hydrogens (tertiary/aromatic N) is 1. The molecule has 3 aromatic rings. The number of para-hydroxylation sites is 1. The Morgan fingerprint density at radius 3 is 2.75 bits per heavy atom. The third kappa shape index (κ3) is 3.41. The van der Waals surface area contributed by atoms with Gasteiger partial charge in [-0.15, -0.1) is 0 Å². The van der Waals surface area contributed by atoms with E-state index in [2.05, 4.69) is 4.98 Å². The van der Waals surface area contributed by atoms with Crippen LogP contribution in [0.5, 0.6) is 5.75 Å². The van der Waals surface area contributed by atoms with Gasteiger partial charge in [-0.05, 0) is 42.3 Å². The molecule has 0 bridgehead atoms. The van der Waals surface area contributed by atoms with Crippen molar-refractivity contribution in [1.29, 1.82) is 0 Å². The predicted octanol–water partition coefficient (Wildman–Crippen LogP) is 3.59. The van der Waals surface area contributed by atoms with Crippen molar-refractivity contribution in [1.82, 2.24) is 4.98 Å². The standard InChI is InChI=1S/C19H15NO4/c1-12-7-8-14(11-17(12)23-13(2)21)9-10-18-20-16-6-4-3-5-15(16)19(22)24-18/h3-11H,1-2H3/b10-9+. The van der Waals surface area contributed by atoms with E-state index in [4.69, 9.17) is 9.15 Å². The van der Waals surface area contributed by atoms with Crippen LogP contribution in [-0.2, 0) is 4.79 Å². The monoisotopic (exact) mass is 321 g/mol. The van der Waals surface area contributed by atoms with Crippen molar-refractivity contribution >= 4 is 29.0 Å². The van der Waals surface area contributed by atoms with Crippen molar-refractivity contribution in [2.45, 2.75) is 13.8 Å². The van der Waals surface area contributed by atoms with Gasteiger partial charge in [-0.1, -0.05) is 24.3 Å². The molecule has 0 radical (unpaired) electrons. The Balaban J connectivity index is 1.93. The van der Waals surface area contributed by atoms with E-state index in [1.165, 1.54) is 6.92 Å². The summed E-state index contributed by atoms with van der Waals surface area (Å²) in [6.45, 7) is 3.21. The Morgan fingerprint density at radius 2 is 1.96 bits per heavy atom. The van der Waals surface area contributed by atoms with Crippen LogP contribution in [0.4, 0.5) is 0 Å². The van der Waals surface area contributed by atoms with Gasteiger partial charge in [0.15, 0.2) is 0 Å². The van der Waals surface area contributed by atoms with Gasteiger partial charge in [0.25, 0.3) is 0 Å². The minimum Gasteiger partial charge on any atom is -0.426 e. The summed E-state index contributed by atoms with van der Waals surface area (Å²) in [6, 6.07) is 12.5. The molecule has 1 heterocycles. The normalized spacial score (nSPS) is 11.1. The maximum atomic E-state index is 11.9. The average Bonchev–Trinajstić information content (AvgIpc) is 2.55. The molecule has 0 unspecified atom stereocenters. The van der Waals surface area contributed by atoms with Gasteiger partial charge < -0.3 is 9.15 Å². The molecule has 120 valence electrons. The number of rotatable bonds is 3. The number of ether oxygens (including phenoxy) is 1. The van der Waals surface area contributed by atoms with Gasteiger partial charge in [0.05, 0.1) is 10.9 Å². The number of benzene rings is 2. The molecule has 1 aromatic heterocycles. The summed E-state index contributed by atoms with van der Waals surface area (Å²) in [5.41, 5.74) is 1.81. The Labute approximate surface area is 138 Å². The predicted molar refractivity (Wildman–Crippen MR) is 91.7 cm³/mol. The van der Waals surface area contributed by atoms with Crippen molar-refractivity contribution in [3.63, 3.8) is 0 Å². The minimum absolute atomic E-state index is 0.216. The fourth-order valence-corrected chi connectivity index (χ4v) is 2.26. The molecular weight excluding hydrogens is 306 g/mol. The van der Waals surface area contributed by atoms with E-state index in [-0.39, 0.29) is 11.9 Å². The van der Waals surface area contributed by atoms with Crippen LogP contribution in [0.1, 0.15) is 23.9 Å². The Kier molecular flexibility index (Phi) is 4.24. The first-order chi connectivity index (χ1) is 11.5. The summed E-state index contributed by atoms with van der Waals surface area (Å²) < 4.78 is 10.3. The second-order valence-corrected chi connectivity index (χ2v) is 5.31. The molecule has 0 fully saturated rings.